The first-order valence-electron chi connectivity index (χ1n) is 6.09. The fourth-order valence-corrected chi connectivity index (χ4v) is 2.30. The molecule has 0 radical (unpaired) electrons. The molecule has 0 aliphatic rings. The first-order chi connectivity index (χ1) is 9.94. The van der Waals surface area contributed by atoms with Gasteiger partial charge in [-0.25, -0.2) is 9.50 Å². The molecule has 108 valence electrons. The molecule has 0 fully saturated rings. The maximum atomic E-state index is 12.6. The van der Waals surface area contributed by atoms with Crippen molar-refractivity contribution >= 4 is 17.2 Å². The molecule has 7 heteroatoms. The van der Waals surface area contributed by atoms with Gasteiger partial charge < -0.3 is 0 Å². The maximum Gasteiger partial charge on any atom is 0.393 e. The minimum atomic E-state index is -4.32. The van der Waals surface area contributed by atoms with Gasteiger partial charge in [0.05, 0.1) is 18.3 Å². The van der Waals surface area contributed by atoms with E-state index in [0.717, 1.165) is 11.8 Å². The highest BCUT2D eigenvalue weighted by Gasteiger charge is 2.30. The molecule has 3 nitrogen and oxygen atoms in total. The molecule has 21 heavy (non-hydrogen) atoms. The zero-order valence-electron chi connectivity index (χ0n) is 10.6. The molecular weight excluding hydrogens is 303 g/mol. The summed E-state index contributed by atoms with van der Waals surface area (Å²) in [6, 6.07) is 10.7. The summed E-state index contributed by atoms with van der Waals surface area (Å²) in [5, 5.41) is 4.07. The van der Waals surface area contributed by atoms with Gasteiger partial charge in [0.25, 0.3) is 0 Å². The van der Waals surface area contributed by atoms with E-state index < -0.39 is 12.6 Å². The van der Waals surface area contributed by atoms with Crippen molar-refractivity contribution in [3.63, 3.8) is 0 Å². The lowest BCUT2D eigenvalue weighted by Gasteiger charge is -2.06. The highest BCUT2D eigenvalue weighted by molar-refractivity contribution is 6.30. The van der Waals surface area contributed by atoms with E-state index in [1.165, 1.54) is 4.52 Å². The number of fused-ring (bicyclic) bond motifs is 1. The number of hydrogen-bond acceptors (Lipinski definition) is 2. The molecule has 0 N–H and O–H groups in total. The van der Waals surface area contributed by atoms with E-state index in [1.807, 2.05) is 30.3 Å². The Hall–Kier alpha value is -2.08. The normalized spacial score (nSPS) is 12.0. The van der Waals surface area contributed by atoms with Gasteiger partial charge in [-0.05, 0) is 0 Å². The summed E-state index contributed by atoms with van der Waals surface area (Å²) in [5.74, 6) is 0. The third-order valence-corrected chi connectivity index (χ3v) is 3.23. The van der Waals surface area contributed by atoms with Crippen LogP contribution in [-0.2, 0) is 6.42 Å². The highest BCUT2D eigenvalue weighted by atomic mass is 35.5. The molecule has 0 unspecified atom stereocenters. The molecule has 0 bridgehead atoms. The highest BCUT2D eigenvalue weighted by Crippen LogP contribution is 2.27. The van der Waals surface area contributed by atoms with Crippen molar-refractivity contribution in [1.82, 2.24) is 14.6 Å². The second-order valence-corrected chi connectivity index (χ2v) is 4.91. The SMILES string of the molecule is FC(F)(F)Cc1cnn2c(Cl)cc(-c3ccccc3)nc12. The lowest BCUT2D eigenvalue weighted by Crippen LogP contribution is -2.11. The van der Waals surface area contributed by atoms with Gasteiger partial charge in [0, 0.05) is 17.2 Å². The second kappa shape index (κ2) is 5.04. The van der Waals surface area contributed by atoms with E-state index in [2.05, 4.69) is 10.1 Å². The summed E-state index contributed by atoms with van der Waals surface area (Å²) >= 11 is 6.08. The standard InChI is InChI=1S/C14H9ClF3N3/c15-12-6-11(9-4-2-1-3-5-9)20-13-10(7-14(16,17)18)8-19-21(12)13/h1-6,8H,7H2. The first-order valence-corrected chi connectivity index (χ1v) is 6.47. The van der Waals surface area contributed by atoms with Crippen molar-refractivity contribution in [2.24, 2.45) is 0 Å². The van der Waals surface area contributed by atoms with Crippen LogP contribution in [0.25, 0.3) is 16.9 Å². The van der Waals surface area contributed by atoms with Crippen LogP contribution >= 0.6 is 11.6 Å². The molecule has 1 aromatic carbocycles. The van der Waals surface area contributed by atoms with Crippen LogP contribution in [0.5, 0.6) is 0 Å². The lowest BCUT2D eigenvalue weighted by molar-refractivity contribution is -0.127. The molecule has 0 spiro atoms. The van der Waals surface area contributed by atoms with Gasteiger partial charge in [-0.15, -0.1) is 0 Å². The maximum absolute atomic E-state index is 12.6. The Kier molecular flexibility index (Phi) is 3.33. The number of halogens is 4. The van der Waals surface area contributed by atoms with Crippen molar-refractivity contribution in [2.45, 2.75) is 12.6 Å². The molecule has 2 heterocycles. The van der Waals surface area contributed by atoms with Crippen LogP contribution in [0.4, 0.5) is 13.2 Å². The van der Waals surface area contributed by atoms with Gasteiger partial charge in [0.1, 0.15) is 5.15 Å². The summed E-state index contributed by atoms with van der Waals surface area (Å²) in [5.41, 5.74) is 1.42. The molecule has 2 aromatic heterocycles. The Morgan fingerprint density at radius 1 is 1.14 bits per heavy atom. The molecule has 3 rings (SSSR count). The van der Waals surface area contributed by atoms with Crippen LogP contribution < -0.4 is 0 Å². The molecular formula is C14H9ClF3N3. The van der Waals surface area contributed by atoms with Gasteiger partial charge in [0.2, 0.25) is 0 Å². The zero-order valence-corrected chi connectivity index (χ0v) is 11.4. The predicted molar refractivity (Wildman–Crippen MR) is 73.2 cm³/mol. The van der Waals surface area contributed by atoms with Crippen molar-refractivity contribution in [3.8, 4) is 11.3 Å². The lowest BCUT2D eigenvalue weighted by atomic mass is 10.1. The smallest absolute Gasteiger partial charge is 0.228 e. The number of rotatable bonds is 2. The van der Waals surface area contributed by atoms with Crippen LogP contribution in [0.15, 0.2) is 42.6 Å². The van der Waals surface area contributed by atoms with Crippen molar-refractivity contribution in [1.29, 1.82) is 0 Å². The largest absolute Gasteiger partial charge is 0.393 e. The third kappa shape index (κ3) is 2.85. The van der Waals surface area contributed by atoms with Crippen molar-refractivity contribution in [3.05, 3.63) is 53.3 Å². The number of nitrogens with zero attached hydrogens (tertiary/aromatic N) is 3. The summed E-state index contributed by atoms with van der Waals surface area (Å²) in [4.78, 5) is 4.27. The average molecular weight is 312 g/mol. The van der Waals surface area contributed by atoms with E-state index in [9.17, 15) is 13.2 Å². The zero-order chi connectivity index (χ0) is 15.0. The molecule has 0 saturated heterocycles. The summed E-state index contributed by atoms with van der Waals surface area (Å²) < 4.78 is 38.9. The summed E-state index contributed by atoms with van der Waals surface area (Å²) in [7, 11) is 0. The average Bonchev–Trinajstić information content (AvgIpc) is 2.81. The Balaban J connectivity index is 2.15. The van der Waals surface area contributed by atoms with Gasteiger partial charge >= 0.3 is 6.18 Å². The third-order valence-electron chi connectivity index (χ3n) is 2.96. The minimum absolute atomic E-state index is 0.00202. The monoisotopic (exact) mass is 311 g/mol. The van der Waals surface area contributed by atoms with E-state index in [4.69, 9.17) is 11.6 Å². The molecule has 0 aliphatic carbocycles. The van der Waals surface area contributed by atoms with Gasteiger partial charge in [-0.2, -0.15) is 18.3 Å². The Labute approximate surface area is 123 Å². The molecule has 0 aliphatic heterocycles. The fraction of sp³-hybridized carbons (Fsp3) is 0.143. The van der Waals surface area contributed by atoms with Crippen LogP contribution in [0, 0.1) is 0 Å². The predicted octanol–water partition coefficient (Wildman–Crippen LogP) is 4.15. The van der Waals surface area contributed by atoms with Crippen LogP contribution in [0.3, 0.4) is 0 Å². The van der Waals surface area contributed by atoms with Gasteiger partial charge in [0.15, 0.2) is 5.65 Å². The Bertz CT molecular complexity index is 781. The minimum Gasteiger partial charge on any atom is -0.228 e. The molecule has 0 amide bonds. The molecule has 3 aromatic rings. The van der Waals surface area contributed by atoms with E-state index >= 15 is 0 Å². The van der Waals surface area contributed by atoms with Gasteiger partial charge in [-0.1, -0.05) is 41.9 Å². The number of hydrogen-bond donors (Lipinski definition) is 0. The van der Waals surface area contributed by atoms with E-state index in [0.29, 0.717) is 5.69 Å². The number of aromatic nitrogens is 3. The Morgan fingerprint density at radius 3 is 2.52 bits per heavy atom. The first kappa shape index (κ1) is 13.9. The summed E-state index contributed by atoms with van der Waals surface area (Å²) in [6.07, 6.45) is -4.25. The quantitative estimate of drug-likeness (QED) is 0.665. The van der Waals surface area contributed by atoms with Crippen LogP contribution in [0.1, 0.15) is 5.56 Å². The van der Waals surface area contributed by atoms with E-state index in [1.54, 1.807) is 6.07 Å². The number of alkyl halides is 3. The van der Waals surface area contributed by atoms with Crippen molar-refractivity contribution < 1.29 is 13.2 Å². The second-order valence-electron chi connectivity index (χ2n) is 4.53. The van der Waals surface area contributed by atoms with E-state index in [-0.39, 0.29) is 16.4 Å². The summed E-state index contributed by atoms with van der Waals surface area (Å²) in [6.45, 7) is 0. The Morgan fingerprint density at radius 2 is 1.86 bits per heavy atom. The van der Waals surface area contributed by atoms with Crippen LogP contribution in [0.2, 0.25) is 5.15 Å². The number of benzene rings is 1. The van der Waals surface area contributed by atoms with Crippen molar-refractivity contribution in [2.75, 3.05) is 0 Å². The van der Waals surface area contributed by atoms with Crippen LogP contribution in [-0.4, -0.2) is 20.8 Å². The topological polar surface area (TPSA) is 30.2 Å². The van der Waals surface area contributed by atoms with Gasteiger partial charge in [-0.3, -0.25) is 0 Å². The molecule has 0 saturated carbocycles. The molecule has 0 atom stereocenters. The fourth-order valence-electron chi connectivity index (χ4n) is 2.07.